The molecule has 0 saturated carbocycles. The standard InChI is InChI=1S/C57H34N2S/c1-2-10-35(11-3-1)36-18-20-39(21-19-36)43-30-31-44(47-17-9-8-16-46(43)47)40-22-24-41(25-23-40)53-34-51-50-29-27-38-13-5-7-15-45(38)55(50)60-56(51)57-58-54-49-28-26-37-12-4-6-14-42(37)48(49)32-33-52(54)59(53)57/h1-34H. The molecular formula is C57H34N2S. The molecule has 0 N–H and O–H groups in total. The van der Waals surface area contributed by atoms with E-state index in [1.165, 1.54) is 96.6 Å². The minimum Gasteiger partial charge on any atom is -0.291 e. The second kappa shape index (κ2) is 13.0. The molecule has 60 heavy (non-hydrogen) atoms. The van der Waals surface area contributed by atoms with E-state index in [1.807, 2.05) is 11.3 Å². The van der Waals surface area contributed by atoms with Crippen LogP contribution in [-0.4, -0.2) is 9.38 Å². The van der Waals surface area contributed by atoms with Crippen LogP contribution in [0.4, 0.5) is 0 Å². The van der Waals surface area contributed by atoms with Gasteiger partial charge in [-0.2, -0.15) is 0 Å². The van der Waals surface area contributed by atoms with Crippen molar-refractivity contribution in [2.75, 3.05) is 0 Å². The van der Waals surface area contributed by atoms with Crippen LogP contribution in [0, 0.1) is 0 Å². The molecular weight excluding hydrogens is 745 g/mol. The summed E-state index contributed by atoms with van der Waals surface area (Å²) in [5.41, 5.74) is 12.8. The second-order valence-corrected chi connectivity index (χ2v) is 16.9. The number of thiophene rings is 1. The third-order valence-electron chi connectivity index (χ3n) is 12.6. The lowest BCUT2D eigenvalue weighted by atomic mass is 9.91. The van der Waals surface area contributed by atoms with Gasteiger partial charge < -0.3 is 0 Å². The number of hydrogen-bond donors (Lipinski definition) is 0. The molecule has 0 amide bonds. The molecule has 0 bridgehead atoms. The van der Waals surface area contributed by atoms with Crippen molar-refractivity contribution in [1.82, 2.24) is 9.38 Å². The summed E-state index contributed by atoms with van der Waals surface area (Å²) in [6.45, 7) is 0. The van der Waals surface area contributed by atoms with Crippen molar-refractivity contribution >= 4 is 91.3 Å². The molecule has 0 aliphatic carbocycles. The van der Waals surface area contributed by atoms with E-state index in [4.69, 9.17) is 4.98 Å². The minimum absolute atomic E-state index is 1.01. The highest BCUT2D eigenvalue weighted by atomic mass is 32.1. The minimum atomic E-state index is 1.01. The van der Waals surface area contributed by atoms with Crippen LogP contribution >= 0.6 is 11.3 Å². The van der Waals surface area contributed by atoms with Crippen LogP contribution in [0.1, 0.15) is 0 Å². The van der Waals surface area contributed by atoms with Gasteiger partial charge in [-0.15, -0.1) is 11.3 Å². The van der Waals surface area contributed by atoms with Crippen LogP contribution in [0.2, 0.25) is 0 Å². The lowest BCUT2D eigenvalue weighted by Gasteiger charge is -2.14. The molecule has 0 fully saturated rings. The Morgan fingerprint density at radius 1 is 0.333 bits per heavy atom. The van der Waals surface area contributed by atoms with Crippen LogP contribution < -0.4 is 0 Å². The third-order valence-corrected chi connectivity index (χ3v) is 13.9. The van der Waals surface area contributed by atoms with Gasteiger partial charge in [0.1, 0.15) is 0 Å². The Balaban J connectivity index is 0.989. The van der Waals surface area contributed by atoms with E-state index >= 15 is 0 Å². The Labute approximate surface area is 349 Å². The summed E-state index contributed by atoms with van der Waals surface area (Å²) in [4.78, 5) is 5.57. The van der Waals surface area contributed by atoms with Crippen LogP contribution in [0.15, 0.2) is 206 Å². The van der Waals surface area contributed by atoms with E-state index in [2.05, 4.69) is 211 Å². The lowest BCUT2D eigenvalue weighted by molar-refractivity contribution is 1.25. The molecule has 0 spiro atoms. The summed E-state index contributed by atoms with van der Waals surface area (Å²) in [6, 6.07) is 75.5. The molecule has 3 aromatic heterocycles. The molecule has 0 unspecified atom stereocenters. The molecule has 0 saturated heterocycles. The lowest BCUT2D eigenvalue weighted by Crippen LogP contribution is -1.93. The number of nitrogens with zero attached hydrogens (tertiary/aromatic N) is 2. The van der Waals surface area contributed by atoms with Crippen molar-refractivity contribution < 1.29 is 0 Å². The molecule has 10 aromatic carbocycles. The number of pyridine rings is 1. The Hall–Kier alpha value is -7.59. The summed E-state index contributed by atoms with van der Waals surface area (Å²) < 4.78 is 4.93. The predicted octanol–water partition coefficient (Wildman–Crippen LogP) is 16.1. The van der Waals surface area contributed by atoms with Gasteiger partial charge in [0.25, 0.3) is 0 Å². The summed E-state index contributed by atoms with van der Waals surface area (Å²) >= 11 is 1.86. The van der Waals surface area contributed by atoms with E-state index in [-0.39, 0.29) is 0 Å². The normalized spacial score (nSPS) is 12.0. The largest absolute Gasteiger partial charge is 0.291 e. The van der Waals surface area contributed by atoms with Gasteiger partial charge in [-0.3, -0.25) is 4.40 Å². The zero-order chi connectivity index (χ0) is 39.3. The van der Waals surface area contributed by atoms with Gasteiger partial charge in [0.15, 0.2) is 5.65 Å². The van der Waals surface area contributed by atoms with Crippen LogP contribution in [0.25, 0.3) is 125 Å². The first-order valence-corrected chi connectivity index (χ1v) is 21.3. The first-order valence-electron chi connectivity index (χ1n) is 20.5. The van der Waals surface area contributed by atoms with E-state index < -0.39 is 0 Å². The van der Waals surface area contributed by atoms with Crippen LogP contribution in [0.5, 0.6) is 0 Å². The fourth-order valence-corrected chi connectivity index (χ4v) is 11.0. The Bertz CT molecular complexity index is 3860. The molecule has 0 atom stereocenters. The predicted molar refractivity (Wildman–Crippen MR) is 257 cm³/mol. The fourth-order valence-electron chi connectivity index (χ4n) is 9.69. The number of benzene rings is 10. The van der Waals surface area contributed by atoms with Gasteiger partial charge in [0, 0.05) is 20.9 Å². The molecule has 13 aromatic rings. The summed E-state index contributed by atoms with van der Waals surface area (Å²) in [7, 11) is 0. The number of fused-ring (bicyclic) bond motifs is 14. The Kier molecular flexibility index (Phi) is 7.21. The smallest absolute Gasteiger partial charge is 0.156 e. The molecule has 0 aliphatic heterocycles. The van der Waals surface area contributed by atoms with Gasteiger partial charge in [0.05, 0.1) is 21.4 Å². The van der Waals surface area contributed by atoms with Gasteiger partial charge in [-0.25, -0.2) is 4.98 Å². The second-order valence-electron chi connectivity index (χ2n) is 15.9. The maximum absolute atomic E-state index is 5.57. The van der Waals surface area contributed by atoms with E-state index in [0.717, 1.165) is 27.9 Å². The van der Waals surface area contributed by atoms with Gasteiger partial charge in [0.2, 0.25) is 0 Å². The molecule has 13 rings (SSSR count). The van der Waals surface area contributed by atoms with Crippen LogP contribution in [0.3, 0.4) is 0 Å². The van der Waals surface area contributed by atoms with Crippen molar-refractivity contribution in [3.63, 3.8) is 0 Å². The van der Waals surface area contributed by atoms with Gasteiger partial charge in [-0.05, 0) is 88.8 Å². The van der Waals surface area contributed by atoms with E-state index in [9.17, 15) is 0 Å². The summed E-state index contributed by atoms with van der Waals surface area (Å²) in [5.74, 6) is 0. The van der Waals surface area contributed by atoms with E-state index in [0.29, 0.717) is 0 Å². The van der Waals surface area contributed by atoms with Crippen molar-refractivity contribution in [3.8, 4) is 44.6 Å². The highest BCUT2D eigenvalue weighted by molar-refractivity contribution is 7.27. The average molecular weight is 779 g/mol. The number of aromatic nitrogens is 2. The molecule has 278 valence electrons. The highest BCUT2D eigenvalue weighted by Gasteiger charge is 2.20. The average Bonchev–Trinajstić information content (AvgIpc) is 3.91. The number of hydrogen-bond acceptors (Lipinski definition) is 2. The molecule has 0 aliphatic rings. The SMILES string of the molecule is c1ccc(-c2ccc(-c3ccc(-c4ccc(-c5cc6c7ccc8ccccc8c7sc6c6nc7c8ccc9ccccc9c8ccc7n56)cc4)c4ccccc34)cc2)cc1. The Morgan fingerprint density at radius 2 is 0.867 bits per heavy atom. The van der Waals surface area contributed by atoms with E-state index in [1.54, 1.807) is 0 Å². The number of imidazole rings is 1. The molecule has 2 nitrogen and oxygen atoms in total. The van der Waals surface area contributed by atoms with Crippen molar-refractivity contribution in [3.05, 3.63) is 206 Å². The van der Waals surface area contributed by atoms with Crippen LogP contribution in [-0.2, 0) is 0 Å². The fraction of sp³-hybridized carbons (Fsp3) is 0. The van der Waals surface area contributed by atoms with Crippen molar-refractivity contribution in [2.24, 2.45) is 0 Å². The Morgan fingerprint density at radius 3 is 1.57 bits per heavy atom. The zero-order valence-electron chi connectivity index (χ0n) is 32.4. The first-order chi connectivity index (χ1) is 29.7. The molecule has 3 heteroatoms. The summed E-state index contributed by atoms with van der Waals surface area (Å²) in [6.07, 6.45) is 0. The number of rotatable bonds is 4. The van der Waals surface area contributed by atoms with Gasteiger partial charge >= 0.3 is 0 Å². The van der Waals surface area contributed by atoms with Gasteiger partial charge in [-0.1, -0.05) is 194 Å². The summed E-state index contributed by atoms with van der Waals surface area (Å²) in [5, 5.41) is 12.5. The monoisotopic (exact) mass is 778 g/mol. The molecule has 0 radical (unpaired) electrons. The van der Waals surface area contributed by atoms with Crippen molar-refractivity contribution in [1.29, 1.82) is 0 Å². The quantitative estimate of drug-likeness (QED) is 0.163. The third kappa shape index (κ3) is 4.97. The van der Waals surface area contributed by atoms with Crippen molar-refractivity contribution in [2.45, 2.75) is 0 Å². The maximum atomic E-state index is 5.57. The highest BCUT2D eigenvalue weighted by Crippen LogP contribution is 2.45. The first kappa shape index (κ1) is 33.4. The zero-order valence-corrected chi connectivity index (χ0v) is 33.2. The topological polar surface area (TPSA) is 17.3 Å². The molecule has 3 heterocycles. The maximum Gasteiger partial charge on any atom is 0.156 e.